The summed E-state index contributed by atoms with van der Waals surface area (Å²) in [5.74, 6) is 0.0154. The molecule has 0 aliphatic carbocycles. The smallest absolute Gasteiger partial charge is 0.236 e. The van der Waals surface area contributed by atoms with Crippen LogP contribution in [0, 0.1) is 0 Å². The molecule has 1 atom stereocenters. The molecule has 0 spiro atoms. The van der Waals surface area contributed by atoms with Crippen molar-refractivity contribution in [2.75, 3.05) is 19.6 Å². The normalized spacial score (nSPS) is 17.8. The second kappa shape index (κ2) is 6.90. The van der Waals surface area contributed by atoms with Crippen LogP contribution >= 0.6 is 0 Å². The van der Waals surface area contributed by atoms with Crippen molar-refractivity contribution in [1.82, 2.24) is 10.2 Å². The van der Waals surface area contributed by atoms with Crippen LogP contribution in [0.25, 0.3) is 10.8 Å². The summed E-state index contributed by atoms with van der Waals surface area (Å²) in [5, 5.41) is 5.87. The second-order valence-electron chi connectivity index (χ2n) is 5.91. The average Bonchev–Trinajstić information content (AvgIpc) is 3.07. The number of nitrogens with zero attached hydrogens (tertiary/aromatic N) is 1. The summed E-state index contributed by atoms with van der Waals surface area (Å²) in [6.45, 7) is 2.47. The molecule has 22 heavy (non-hydrogen) atoms. The zero-order valence-corrected chi connectivity index (χ0v) is 12.8. The molecule has 1 aliphatic heterocycles. The number of carbonyl (C=O) groups excluding carboxylic acids is 1. The Morgan fingerprint density at radius 2 is 2.05 bits per heavy atom. The van der Waals surface area contributed by atoms with Gasteiger partial charge in [0.15, 0.2) is 0 Å². The minimum Gasteiger partial charge on any atom is -0.336 e. The third-order valence-corrected chi connectivity index (χ3v) is 4.37. The third kappa shape index (κ3) is 3.29. The highest BCUT2D eigenvalue weighted by Crippen LogP contribution is 2.20. The highest BCUT2D eigenvalue weighted by atomic mass is 16.2. The first-order valence-corrected chi connectivity index (χ1v) is 7.96. The zero-order valence-electron chi connectivity index (χ0n) is 12.8. The number of carbonyl (C=O) groups is 1. The van der Waals surface area contributed by atoms with E-state index in [9.17, 15) is 4.79 Å². The molecule has 0 unspecified atom stereocenters. The van der Waals surface area contributed by atoms with E-state index in [1.807, 2.05) is 17.0 Å². The highest BCUT2D eigenvalue weighted by Gasteiger charge is 2.21. The average molecular weight is 297 g/mol. The van der Waals surface area contributed by atoms with Crippen LogP contribution in [-0.2, 0) is 11.3 Å². The number of hydrogen-bond donors (Lipinski definition) is 2. The number of benzene rings is 2. The largest absolute Gasteiger partial charge is 0.336 e. The molecule has 4 nitrogen and oxygen atoms in total. The fraction of sp³-hybridized carbons (Fsp3) is 0.389. The van der Waals surface area contributed by atoms with Crippen molar-refractivity contribution < 1.29 is 4.79 Å². The maximum atomic E-state index is 12.2. The first-order chi connectivity index (χ1) is 10.8. The quantitative estimate of drug-likeness (QED) is 0.886. The number of hydrogen-bond acceptors (Lipinski definition) is 3. The lowest BCUT2D eigenvalue weighted by Crippen LogP contribution is -2.43. The van der Waals surface area contributed by atoms with Crippen molar-refractivity contribution in [3.05, 3.63) is 48.0 Å². The molecular weight excluding hydrogens is 274 g/mol. The molecule has 2 aromatic carbocycles. The minimum absolute atomic E-state index is 0.0154. The van der Waals surface area contributed by atoms with Gasteiger partial charge in [-0.3, -0.25) is 4.79 Å². The standard InChI is InChI=1S/C18H23N3O/c19-11-18(22)21(13-16-8-4-10-20-16)12-15-7-3-6-14-5-1-2-9-17(14)15/h1-3,5-7,9,16,20H,4,8,10-13,19H2/t16-/m0/s1. The molecule has 1 saturated heterocycles. The van der Waals surface area contributed by atoms with Crippen molar-refractivity contribution in [2.45, 2.75) is 25.4 Å². The van der Waals surface area contributed by atoms with Gasteiger partial charge in [0, 0.05) is 19.1 Å². The van der Waals surface area contributed by atoms with Gasteiger partial charge in [-0.05, 0) is 35.7 Å². The number of rotatable bonds is 5. The van der Waals surface area contributed by atoms with Crippen LogP contribution in [0.1, 0.15) is 18.4 Å². The van der Waals surface area contributed by atoms with Gasteiger partial charge in [0.1, 0.15) is 0 Å². The Balaban J connectivity index is 1.83. The lowest BCUT2D eigenvalue weighted by Gasteiger charge is -2.26. The van der Waals surface area contributed by atoms with Crippen molar-refractivity contribution in [3.63, 3.8) is 0 Å². The Labute approximate surface area is 131 Å². The van der Waals surface area contributed by atoms with Gasteiger partial charge in [-0.15, -0.1) is 0 Å². The molecule has 0 radical (unpaired) electrons. The van der Waals surface area contributed by atoms with Gasteiger partial charge >= 0.3 is 0 Å². The molecular formula is C18H23N3O. The summed E-state index contributed by atoms with van der Waals surface area (Å²) in [4.78, 5) is 14.1. The Hall–Kier alpha value is -1.91. The van der Waals surface area contributed by atoms with Gasteiger partial charge in [-0.1, -0.05) is 42.5 Å². The second-order valence-corrected chi connectivity index (χ2v) is 5.91. The SMILES string of the molecule is NCC(=O)N(Cc1cccc2ccccc12)C[C@@H]1CCCN1. The van der Waals surface area contributed by atoms with E-state index in [2.05, 4.69) is 35.6 Å². The number of amides is 1. The lowest BCUT2D eigenvalue weighted by atomic mass is 10.0. The van der Waals surface area contributed by atoms with Gasteiger partial charge in [-0.2, -0.15) is 0 Å². The Morgan fingerprint density at radius 1 is 1.23 bits per heavy atom. The molecule has 1 fully saturated rings. The van der Waals surface area contributed by atoms with Crippen LogP contribution in [0.3, 0.4) is 0 Å². The number of nitrogens with one attached hydrogen (secondary N) is 1. The van der Waals surface area contributed by atoms with E-state index in [4.69, 9.17) is 5.73 Å². The van der Waals surface area contributed by atoms with Crippen LogP contribution in [0.5, 0.6) is 0 Å². The summed E-state index contributed by atoms with van der Waals surface area (Å²) >= 11 is 0. The summed E-state index contributed by atoms with van der Waals surface area (Å²) in [6, 6.07) is 14.9. The highest BCUT2D eigenvalue weighted by molar-refractivity contribution is 5.86. The van der Waals surface area contributed by atoms with Gasteiger partial charge in [-0.25, -0.2) is 0 Å². The van der Waals surface area contributed by atoms with E-state index in [-0.39, 0.29) is 12.5 Å². The fourth-order valence-electron chi connectivity index (χ4n) is 3.20. The van der Waals surface area contributed by atoms with E-state index in [0.29, 0.717) is 12.6 Å². The Morgan fingerprint density at radius 3 is 2.82 bits per heavy atom. The van der Waals surface area contributed by atoms with Gasteiger partial charge in [0.25, 0.3) is 0 Å². The lowest BCUT2D eigenvalue weighted by molar-refractivity contribution is -0.130. The third-order valence-electron chi connectivity index (χ3n) is 4.37. The first-order valence-electron chi connectivity index (χ1n) is 7.96. The van der Waals surface area contributed by atoms with E-state index in [0.717, 1.165) is 19.5 Å². The summed E-state index contributed by atoms with van der Waals surface area (Å²) in [7, 11) is 0. The molecule has 116 valence electrons. The van der Waals surface area contributed by atoms with E-state index < -0.39 is 0 Å². The molecule has 0 bridgehead atoms. The van der Waals surface area contributed by atoms with Crippen LogP contribution in [0.4, 0.5) is 0 Å². The minimum atomic E-state index is 0.0154. The van der Waals surface area contributed by atoms with Gasteiger partial charge in [0.05, 0.1) is 6.54 Å². The maximum Gasteiger partial charge on any atom is 0.236 e. The van der Waals surface area contributed by atoms with Gasteiger partial charge in [0.2, 0.25) is 5.91 Å². The van der Waals surface area contributed by atoms with Crippen molar-refractivity contribution >= 4 is 16.7 Å². The summed E-state index contributed by atoms with van der Waals surface area (Å²) in [5.41, 5.74) is 6.78. The van der Waals surface area contributed by atoms with Crippen LogP contribution in [0.15, 0.2) is 42.5 Å². The van der Waals surface area contributed by atoms with Gasteiger partial charge < -0.3 is 16.0 Å². The summed E-state index contributed by atoms with van der Waals surface area (Å²) < 4.78 is 0. The molecule has 2 aromatic rings. The van der Waals surface area contributed by atoms with Crippen LogP contribution in [-0.4, -0.2) is 36.5 Å². The molecule has 1 aliphatic rings. The molecule has 0 aromatic heterocycles. The van der Waals surface area contributed by atoms with E-state index in [1.54, 1.807) is 0 Å². The first kappa shape index (κ1) is 15.0. The van der Waals surface area contributed by atoms with Crippen molar-refractivity contribution in [1.29, 1.82) is 0 Å². The summed E-state index contributed by atoms with van der Waals surface area (Å²) in [6.07, 6.45) is 2.31. The Kier molecular flexibility index (Phi) is 4.71. The Bertz CT molecular complexity index is 644. The van der Waals surface area contributed by atoms with E-state index >= 15 is 0 Å². The topological polar surface area (TPSA) is 58.4 Å². The number of nitrogens with two attached hydrogens (primary N) is 1. The van der Waals surface area contributed by atoms with Crippen LogP contribution < -0.4 is 11.1 Å². The predicted molar refractivity (Wildman–Crippen MR) is 89.4 cm³/mol. The number of fused-ring (bicyclic) bond motifs is 1. The molecule has 1 amide bonds. The monoisotopic (exact) mass is 297 g/mol. The predicted octanol–water partition coefficient (Wildman–Crippen LogP) is 1.88. The van der Waals surface area contributed by atoms with Crippen LogP contribution in [0.2, 0.25) is 0 Å². The molecule has 1 heterocycles. The van der Waals surface area contributed by atoms with Crippen molar-refractivity contribution in [3.8, 4) is 0 Å². The molecule has 3 rings (SSSR count). The van der Waals surface area contributed by atoms with Crippen molar-refractivity contribution in [2.24, 2.45) is 5.73 Å². The van der Waals surface area contributed by atoms with E-state index in [1.165, 1.54) is 22.8 Å². The molecule has 4 heteroatoms. The molecule has 0 saturated carbocycles. The fourth-order valence-corrected chi connectivity index (χ4v) is 3.20. The maximum absolute atomic E-state index is 12.2. The molecule has 3 N–H and O–H groups in total. The zero-order chi connectivity index (χ0) is 15.4.